The van der Waals surface area contributed by atoms with Gasteiger partial charge in [0.15, 0.2) is 0 Å². The SMILES string of the molecule is C=C/C=C(\C=C/C)c1cc(C(C)(C)C)ccc1N(c1cc(C)cc(Cl)c1)c1ccc2c(c1)oc1ccccc12. The van der Waals surface area contributed by atoms with Crippen LogP contribution in [0.3, 0.4) is 0 Å². The number of allylic oxidation sites excluding steroid dienone is 5. The van der Waals surface area contributed by atoms with E-state index in [9.17, 15) is 0 Å². The maximum absolute atomic E-state index is 6.62. The summed E-state index contributed by atoms with van der Waals surface area (Å²) in [5.74, 6) is 0. The molecule has 3 heteroatoms. The molecule has 1 heterocycles. The van der Waals surface area contributed by atoms with Gasteiger partial charge in [-0.15, -0.1) is 0 Å². The van der Waals surface area contributed by atoms with E-state index in [1.54, 1.807) is 0 Å². The molecule has 0 amide bonds. The Hall–Kier alpha value is -4.01. The first-order valence-electron chi connectivity index (χ1n) is 13.3. The molecule has 0 fully saturated rings. The zero-order valence-electron chi connectivity index (χ0n) is 23.3. The van der Waals surface area contributed by atoms with Crippen LogP contribution >= 0.6 is 11.6 Å². The fraction of sp³-hybridized carbons (Fsp3) is 0.167. The van der Waals surface area contributed by atoms with Crippen LogP contribution in [0.1, 0.15) is 44.4 Å². The number of benzene rings is 4. The van der Waals surface area contributed by atoms with Crippen LogP contribution in [-0.4, -0.2) is 0 Å². The predicted molar refractivity (Wildman–Crippen MR) is 170 cm³/mol. The molecule has 0 spiro atoms. The van der Waals surface area contributed by atoms with Crippen molar-refractivity contribution in [1.29, 1.82) is 0 Å². The standard InChI is InChI=1S/C36H34ClNO/c1-7-11-25(12-8-2)32-21-26(36(4,5)6)15-18-33(32)38(29-20-24(3)19-27(37)22-29)28-16-17-31-30-13-9-10-14-34(30)39-35(31)23-28/h7-23H,1H2,2-6H3/b12-8-,25-11+. The molecule has 0 atom stereocenters. The fourth-order valence-electron chi connectivity index (χ4n) is 5.10. The van der Waals surface area contributed by atoms with Gasteiger partial charge in [0.2, 0.25) is 0 Å². The molecule has 2 nitrogen and oxygen atoms in total. The van der Waals surface area contributed by atoms with Crippen molar-refractivity contribution in [1.82, 2.24) is 0 Å². The predicted octanol–water partition coefficient (Wildman–Crippen LogP) is 11.5. The Labute approximate surface area is 236 Å². The first-order valence-corrected chi connectivity index (χ1v) is 13.7. The van der Waals surface area contributed by atoms with Gasteiger partial charge in [-0.05, 0) is 84.5 Å². The van der Waals surface area contributed by atoms with Crippen LogP contribution < -0.4 is 4.90 Å². The second-order valence-electron chi connectivity index (χ2n) is 10.9. The number of aryl methyl sites for hydroxylation is 1. The van der Waals surface area contributed by atoms with Gasteiger partial charge < -0.3 is 9.32 Å². The molecule has 0 N–H and O–H groups in total. The van der Waals surface area contributed by atoms with Crippen molar-refractivity contribution < 1.29 is 4.42 Å². The third-order valence-corrected chi connectivity index (χ3v) is 7.18. The third-order valence-electron chi connectivity index (χ3n) is 6.96. The average Bonchev–Trinajstić information content (AvgIpc) is 3.26. The average molecular weight is 532 g/mol. The van der Waals surface area contributed by atoms with Crippen molar-refractivity contribution in [3.8, 4) is 0 Å². The maximum atomic E-state index is 6.62. The first-order chi connectivity index (χ1) is 18.7. The van der Waals surface area contributed by atoms with Crippen LogP contribution in [0.5, 0.6) is 0 Å². The summed E-state index contributed by atoms with van der Waals surface area (Å²) >= 11 is 6.62. The summed E-state index contributed by atoms with van der Waals surface area (Å²) in [5.41, 5.74) is 9.30. The summed E-state index contributed by atoms with van der Waals surface area (Å²) in [6.07, 6.45) is 8.11. The summed E-state index contributed by atoms with van der Waals surface area (Å²) in [7, 11) is 0. The lowest BCUT2D eigenvalue weighted by atomic mass is 9.84. The largest absolute Gasteiger partial charge is 0.456 e. The molecular formula is C36H34ClNO. The van der Waals surface area contributed by atoms with Crippen molar-refractivity contribution in [2.24, 2.45) is 0 Å². The molecule has 0 saturated carbocycles. The Morgan fingerprint density at radius 3 is 2.36 bits per heavy atom. The normalized spacial score (nSPS) is 12.5. The molecule has 4 aromatic carbocycles. The number of hydrogen-bond donors (Lipinski definition) is 0. The van der Waals surface area contributed by atoms with Gasteiger partial charge in [-0.2, -0.15) is 0 Å². The first kappa shape index (κ1) is 26.6. The number of anilines is 3. The topological polar surface area (TPSA) is 16.4 Å². The van der Waals surface area contributed by atoms with Gasteiger partial charge in [0.25, 0.3) is 0 Å². The quantitative estimate of drug-likeness (QED) is 0.202. The number of halogens is 1. The summed E-state index contributed by atoms with van der Waals surface area (Å²) in [6, 6.07) is 27.5. The van der Waals surface area contributed by atoms with E-state index in [4.69, 9.17) is 16.0 Å². The van der Waals surface area contributed by atoms with E-state index in [-0.39, 0.29) is 5.41 Å². The van der Waals surface area contributed by atoms with Crippen molar-refractivity contribution in [2.75, 3.05) is 4.90 Å². The van der Waals surface area contributed by atoms with Gasteiger partial charge in [-0.1, -0.05) is 87.5 Å². The van der Waals surface area contributed by atoms with Crippen LogP contribution in [0.2, 0.25) is 5.02 Å². The Morgan fingerprint density at radius 2 is 1.64 bits per heavy atom. The van der Waals surface area contributed by atoms with Gasteiger partial charge in [-0.25, -0.2) is 0 Å². The monoisotopic (exact) mass is 531 g/mol. The molecule has 0 aliphatic heterocycles. The Bertz CT molecular complexity index is 1730. The number of nitrogens with zero attached hydrogens (tertiary/aromatic N) is 1. The molecule has 0 bridgehead atoms. The van der Waals surface area contributed by atoms with Crippen LogP contribution in [0.15, 0.2) is 114 Å². The molecule has 39 heavy (non-hydrogen) atoms. The van der Waals surface area contributed by atoms with E-state index in [2.05, 4.69) is 106 Å². The van der Waals surface area contributed by atoms with E-state index in [1.807, 2.05) is 43.3 Å². The number of rotatable bonds is 6. The van der Waals surface area contributed by atoms with E-state index in [1.165, 1.54) is 5.56 Å². The van der Waals surface area contributed by atoms with E-state index in [0.717, 1.165) is 55.7 Å². The molecule has 0 saturated heterocycles. The second kappa shape index (κ2) is 10.6. The minimum absolute atomic E-state index is 0.00679. The minimum Gasteiger partial charge on any atom is -0.456 e. The van der Waals surface area contributed by atoms with E-state index < -0.39 is 0 Å². The van der Waals surface area contributed by atoms with Crippen LogP contribution in [0.25, 0.3) is 27.5 Å². The molecule has 0 aliphatic carbocycles. The highest BCUT2D eigenvalue weighted by Crippen LogP contribution is 2.43. The summed E-state index contributed by atoms with van der Waals surface area (Å²) in [5, 5.41) is 2.91. The molecule has 5 rings (SSSR count). The minimum atomic E-state index is -0.00679. The lowest BCUT2D eigenvalue weighted by molar-refractivity contribution is 0.590. The van der Waals surface area contributed by atoms with Gasteiger partial charge in [-0.3, -0.25) is 0 Å². The Kier molecular flexibility index (Phi) is 7.25. The summed E-state index contributed by atoms with van der Waals surface area (Å²) < 4.78 is 6.29. The lowest BCUT2D eigenvalue weighted by Crippen LogP contribution is -2.15. The van der Waals surface area contributed by atoms with Gasteiger partial charge in [0, 0.05) is 38.8 Å². The highest BCUT2D eigenvalue weighted by Gasteiger charge is 2.22. The van der Waals surface area contributed by atoms with Crippen LogP contribution in [0.4, 0.5) is 17.1 Å². The second-order valence-corrected chi connectivity index (χ2v) is 11.4. The molecular weight excluding hydrogens is 498 g/mol. The zero-order chi connectivity index (χ0) is 27.7. The van der Waals surface area contributed by atoms with Crippen molar-refractivity contribution >= 4 is 56.2 Å². The Balaban J connectivity index is 1.83. The van der Waals surface area contributed by atoms with E-state index >= 15 is 0 Å². The van der Waals surface area contributed by atoms with Crippen molar-refractivity contribution in [3.63, 3.8) is 0 Å². The Morgan fingerprint density at radius 1 is 0.872 bits per heavy atom. The van der Waals surface area contributed by atoms with Crippen molar-refractivity contribution in [3.05, 3.63) is 131 Å². The number of para-hydroxylation sites is 1. The highest BCUT2D eigenvalue weighted by atomic mass is 35.5. The third kappa shape index (κ3) is 5.30. The number of fused-ring (bicyclic) bond motifs is 3. The molecule has 196 valence electrons. The summed E-state index contributed by atoms with van der Waals surface area (Å²) in [6.45, 7) is 14.8. The smallest absolute Gasteiger partial charge is 0.137 e. The maximum Gasteiger partial charge on any atom is 0.137 e. The molecule has 0 radical (unpaired) electrons. The van der Waals surface area contributed by atoms with Gasteiger partial charge >= 0.3 is 0 Å². The number of hydrogen-bond acceptors (Lipinski definition) is 2. The van der Waals surface area contributed by atoms with E-state index in [0.29, 0.717) is 5.02 Å². The summed E-state index contributed by atoms with van der Waals surface area (Å²) in [4.78, 5) is 2.27. The van der Waals surface area contributed by atoms with Gasteiger partial charge in [0.05, 0.1) is 5.69 Å². The van der Waals surface area contributed by atoms with Crippen LogP contribution in [0, 0.1) is 6.92 Å². The molecule has 1 aromatic heterocycles. The lowest BCUT2D eigenvalue weighted by Gasteiger charge is -2.30. The zero-order valence-corrected chi connectivity index (χ0v) is 24.0. The molecule has 0 unspecified atom stereocenters. The molecule has 0 aliphatic rings. The van der Waals surface area contributed by atoms with Crippen molar-refractivity contribution in [2.45, 2.75) is 40.0 Å². The fourth-order valence-corrected chi connectivity index (χ4v) is 5.38. The van der Waals surface area contributed by atoms with Gasteiger partial charge in [0.1, 0.15) is 11.2 Å². The highest BCUT2D eigenvalue weighted by molar-refractivity contribution is 6.31. The van der Waals surface area contributed by atoms with Crippen LogP contribution in [-0.2, 0) is 5.41 Å². The molecule has 5 aromatic rings. The number of furan rings is 1.